The molecule has 0 bridgehead atoms. The zero-order chi connectivity index (χ0) is 16.9. The van der Waals surface area contributed by atoms with Crippen molar-refractivity contribution >= 4 is 11.7 Å². The molecule has 0 amide bonds. The lowest BCUT2D eigenvalue weighted by Crippen LogP contribution is -2.20. The maximum atomic E-state index is 13.8. The minimum atomic E-state index is -0.408. The van der Waals surface area contributed by atoms with Crippen molar-refractivity contribution in [1.29, 1.82) is 0 Å². The Kier molecular flexibility index (Phi) is 4.99. The molecule has 0 spiro atoms. The Bertz CT molecular complexity index is 718. The number of carbonyl (C=O) groups excluding carboxylic acids is 1. The average Bonchev–Trinajstić information content (AvgIpc) is 2.81. The van der Waals surface area contributed by atoms with Crippen LogP contribution < -0.4 is 10.1 Å². The monoisotopic (exact) mass is 329 g/mol. The molecule has 5 heteroatoms. The van der Waals surface area contributed by atoms with E-state index in [1.807, 2.05) is 30.3 Å². The van der Waals surface area contributed by atoms with Crippen LogP contribution in [0.1, 0.15) is 17.5 Å². The van der Waals surface area contributed by atoms with Crippen molar-refractivity contribution in [2.45, 2.75) is 19.4 Å². The number of benzene rings is 2. The third kappa shape index (κ3) is 3.67. The maximum Gasteiger partial charge on any atom is 0.309 e. The van der Waals surface area contributed by atoms with E-state index >= 15 is 0 Å². The first-order chi connectivity index (χ1) is 11.7. The van der Waals surface area contributed by atoms with Crippen LogP contribution in [0.5, 0.6) is 5.75 Å². The fraction of sp³-hybridized carbons (Fsp3) is 0.316. The summed E-state index contributed by atoms with van der Waals surface area (Å²) in [6.07, 6.45) is 1.15. The Morgan fingerprint density at radius 1 is 1.29 bits per heavy atom. The fourth-order valence-electron chi connectivity index (χ4n) is 2.88. The van der Waals surface area contributed by atoms with Crippen LogP contribution in [0.2, 0.25) is 0 Å². The molecule has 0 saturated carbocycles. The summed E-state index contributed by atoms with van der Waals surface area (Å²) in [5.41, 5.74) is 2.54. The number of hydrogen-bond acceptors (Lipinski definition) is 4. The van der Waals surface area contributed by atoms with E-state index in [1.165, 1.54) is 13.2 Å². The molecule has 2 aromatic rings. The quantitative estimate of drug-likeness (QED) is 0.872. The van der Waals surface area contributed by atoms with Crippen molar-refractivity contribution in [2.75, 3.05) is 19.0 Å². The summed E-state index contributed by atoms with van der Waals surface area (Å²) < 4.78 is 24.3. The normalized spacial score (nSPS) is 16.5. The summed E-state index contributed by atoms with van der Waals surface area (Å²) in [7, 11) is 1.43. The van der Waals surface area contributed by atoms with Gasteiger partial charge in [0, 0.05) is 18.3 Å². The zero-order valence-electron chi connectivity index (χ0n) is 13.5. The van der Waals surface area contributed by atoms with Crippen molar-refractivity contribution < 1.29 is 18.7 Å². The first-order valence-electron chi connectivity index (χ1n) is 7.98. The summed E-state index contributed by atoms with van der Waals surface area (Å²) in [6.45, 7) is 0.868. The van der Waals surface area contributed by atoms with E-state index in [0.29, 0.717) is 25.1 Å². The molecule has 0 saturated heterocycles. The largest absolute Gasteiger partial charge is 0.494 e. The Balaban J connectivity index is 1.69. The smallest absolute Gasteiger partial charge is 0.309 e. The maximum absolute atomic E-state index is 13.8. The predicted octanol–water partition coefficient (Wildman–Crippen LogP) is 3.55. The van der Waals surface area contributed by atoms with Crippen LogP contribution in [0.25, 0.3) is 0 Å². The molecule has 0 fully saturated rings. The van der Waals surface area contributed by atoms with Gasteiger partial charge in [-0.3, -0.25) is 4.79 Å². The number of carbonyl (C=O) groups is 1. The van der Waals surface area contributed by atoms with Crippen molar-refractivity contribution in [3.05, 3.63) is 59.4 Å². The summed E-state index contributed by atoms with van der Waals surface area (Å²) in [6, 6.07) is 12.7. The lowest BCUT2D eigenvalue weighted by molar-refractivity contribution is -0.150. The van der Waals surface area contributed by atoms with Crippen molar-refractivity contribution in [3.63, 3.8) is 0 Å². The van der Waals surface area contributed by atoms with Crippen LogP contribution in [-0.4, -0.2) is 19.6 Å². The second kappa shape index (κ2) is 7.34. The predicted molar refractivity (Wildman–Crippen MR) is 89.5 cm³/mol. The number of ether oxygens (including phenoxy) is 2. The number of anilines is 1. The van der Waals surface area contributed by atoms with Gasteiger partial charge in [0.25, 0.3) is 0 Å². The SMILES string of the molecule is COc1cc2c(cc1F)NCCC(C(=O)OCc1ccccc1)C2. The van der Waals surface area contributed by atoms with Gasteiger partial charge >= 0.3 is 5.97 Å². The number of nitrogens with one attached hydrogen (secondary N) is 1. The number of halogens is 1. The van der Waals surface area contributed by atoms with Gasteiger partial charge in [-0.25, -0.2) is 4.39 Å². The molecule has 126 valence electrons. The number of hydrogen-bond donors (Lipinski definition) is 1. The molecule has 1 atom stereocenters. The molecule has 0 radical (unpaired) electrons. The van der Waals surface area contributed by atoms with E-state index < -0.39 is 5.82 Å². The lowest BCUT2D eigenvalue weighted by atomic mass is 9.97. The average molecular weight is 329 g/mol. The molecular weight excluding hydrogens is 309 g/mol. The van der Waals surface area contributed by atoms with Crippen molar-refractivity contribution in [1.82, 2.24) is 0 Å². The molecule has 4 nitrogen and oxygen atoms in total. The van der Waals surface area contributed by atoms with Gasteiger partial charge in [0.05, 0.1) is 13.0 Å². The van der Waals surface area contributed by atoms with Crippen molar-refractivity contribution in [3.8, 4) is 5.75 Å². The molecule has 0 aliphatic carbocycles. The third-order valence-corrected chi connectivity index (χ3v) is 4.21. The molecule has 2 aromatic carbocycles. The zero-order valence-corrected chi connectivity index (χ0v) is 13.5. The number of fused-ring (bicyclic) bond motifs is 1. The highest BCUT2D eigenvalue weighted by Crippen LogP contribution is 2.31. The van der Waals surface area contributed by atoms with E-state index in [4.69, 9.17) is 9.47 Å². The van der Waals surface area contributed by atoms with Crippen LogP contribution >= 0.6 is 0 Å². The Morgan fingerprint density at radius 2 is 2.08 bits per heavy atom. The Morgan fingerprint density at radius 3 is 2.83 bits per heavy atom. The highest BCUT2D eigenvalue weighted by atomic mass is 19.1. The summed E-state index contributed by atoms with van der Waals surface area (Å²) >= 11 is 0. The standard InChI is InChI=1S/C19H20FNO3/c1-23-18-10-15-9-14(7-8-21-17(15)11-16(18)20)19(22)24-12-13-5-3-2-4-6-13/h2-6,10-11,14,21H,7-9,12H2,1H3. The minimum Gasteiger partial charge on any atom is -0.494 e. The molecule has 1 aliphatic rings. The van der Waals surface area contributed by atoms with Gasteiger partial charge in [-0.05, 0) is 30.0 Å². The van der Waals surface area contributed by atoms with Gasteiger partial charge in [0.1, 0.15) is 6.61 Å². The van der Waals surface area contributed by atoms with Crippen LogP contribution in [0.3, 0.4) is 0 Å². The van der Waals surface area contributed by atoms with Crippen LogP contribution in [0.15, 0.2) is 42.5 Å². The molecular formula is C19H20FNO3. The van der Waals surface area contributed by atoms with E-state index in [2.05, 4.69) is 5.32 Å². The topological polar surface area (TPSA) is 47.6 Å². The molecule has 0 aromatic heterocycles. The summed E-state index contributed by atoms with van der Waals surface area (Å²) in [4.78, 5) is 12.4. The molecule has 24 heavy (non-hydrogen) atoms. The van der Waals surface area contributed by atoms with E-state index in [1.54, 1.807) is 6.07 Å². The molecule has 1 N–H and O–H groups in total. The van der Waals surface area contributed by atoms with Gasteiger partial charge in [-0.2, -0.15) is 0 Å². The number of rotatable bonds is 4. The van der Waals surface area contributed by atoms with Gasteiger partial charge in [-0.15, -0.1) is 0 Å². The second-order valence-electron chi connectivity index (χ2n) is 5.85. The fourth-order valence-corrected chi connectivity index (χ4v) is 2.88. The summed E-state index contributed by atoms with van der Waals surface area (Å²) in [5.74, 6) is -0.697. The lowest BCUT2D eigenvalue weighted by Gasteiger charge is -2.14. The van der Waals surface area contributed by atoms with Gasteiger partial charge in [-0.1, -0.05) is 30.3 Å². The molecule has 3 rings (SSSR count). The van der Waals surface area contributed by atoms with E-state index in [-0.39, 0.29) is 24.2 Å². The Hall–Kier alpha value is -2.56. The second-order valence-corrected chi connectivity index (χ2v) is 5.85. The highest BCUT2D eigenvalue weighted by Gasteiger charge is 2.25. The summed E-state index contributed by atoms with van der Waals surface area (Å²) in [5, 5.41) is 3.17. The van der Waals surface area contributed by atoms with Crippen LogP contribution in [0.4, 0.5) is 10.1 Å². The van der Waals surface area contributed by atoms with Crippen LogP contribution in [0, 0.1) is 11.7 Å². The highest BCUT2D eigenvalue weighted by molar-refractivity contribution is 5.74. The van der Waals surface area contributed by atoms with Gasteiger partial charge in [0.2, 0.25) is 0 Å². The first-order valence-corrected chi connectivity index (χ1v) is 7.98. The minimum absolute atomic E-state index is 0.189. The molecule has 1 unspecified atom stereocenters. The third-order valence-electron chi connectivity index (χ3n) is 4.21. The van der Waals surface area contributed by atoms with Crippen LogP contribution in [-0.2, 0) is 22.6 Å². The van der Waals surface area contributed by atoms with Gasteiger partial charge in [0.15, 0.2) is 11.6 Å². The van der Waals surface area contributed by atoms with E-state index in [9.17, 15) is 9.18 Å². The van der Waals surface area contributed by atoms with Crippen molar-refractivity contribution in [2.24, 2.45) is 5.92 Å². The first kappa shape index (κ1) is 16.3. The number of methoxy groups -OCH3 is 1. The molecule has 1 aliphatic heterocycles. The van der Waals surface area contributed by atoms with Gasteiger partial charge < -0.3 is 14.8 Å². The van der Waals surface area contributed by atoms with E-state index in [0.717, 1.165) is 11.1 Å². The molecule has 1 heterocycles. The number of esters is 1. The Labute approximate surface area is 140 Å².